The van der Waals surface area contributed by atoms with Crippen LogP contribution in [0.25, 0.3) is 11.1 Å². The van der Waals surface area contributed by atoms with Crippen molar-refractivity contribution in [2.75, 3.05) is 12.0 Å². The Morgan fingerprint density at radius 1 is 1.00 bits per heavy atom. The molecular formula is C37H64FN3O3. The SMILES string of the molecule is CC.CCCC.CCCC(C)C(O)COC(CC)C(=O)NC(Cc1ccc(-c2ccc(NN)c(C)c2)cc1F)C(C)(C)CC. The molecule has 2 aromatic rings. The Kier molecular flexibility index (Phi) is 20.8. The molecule has 4 atom stereocenters. The number of anilines is 1. The van der Waals surface area contributed by atoms with Crippen LogP contribution in [-0.2, 0) is 16.0 Å². The van der Waals surface area contributed by atoms with Crippen LogP contribution in [0, 0.1) is 24.1 Å². The number of nitrogens with one attached hydrogen (secondary N) is 2. The molecule has 0 aliphatic heterocycles. The average molecular weight is 618 g/mol. The molecular weight excluding hydrogens is 553 g/mol. The predicted molar refractivity (Wildman–Crippen MR) is 186 cm³/mol. The Labute approximate surface area is 268 Å². The lowest BCUT2D eigenvalue weighted by atomic mass is 9.78. The van der Waals surface area contributed by atoms with Gasteiger partial charge in [-0.25, -0.2) is 4.39 Å². The molecule has 0 bridgehead atoms. The molecule has 0 aromatic heterocycles. The van der Waals surface area contributed by atoms with Crippen LogP contribution in [-0.4, -0.2) is 35.9 Å². The maximum Gasteiger partial charge on any atom is 0.249 e. The van der Waals surface area contributed by atoms with Crippen molar-refractivity contribution in [3.8, 4) is 11.1 Å². The van der Waals surface area contributed by atoms with Crippen LogP contribution in [0.4, 0.5) is 10.1 Å². The van der Waals surface area contributed by atoms with E-state index in [-0.39, 0.29) is 35.7 Å². The molecule has 2 aromatic carbocycles. The van der Waals surface area contributed by atoms with Crippen molar-refractivity contribution in [3.05, 3.63) is 53.3 Å². The average Bonchev–Trinajstić information content (AvgIpc) is 3.02. The lowest BCUT2D eigenvalue weighted by Crippen LogP contribution is -2.50. The van der Waals surface area contributed by atoms with Gasteiger partial charge in [-0.2, -0.15) is 0 Å². The third-order valence-electron chi connectivity index (χ3n) is 8.40. The number of ether oxygens (including phenoxy) is 1. The number of hydrogen-bond acceptors (Lipinski definition) is 5. The van der Waals surface area contributed by atoms with Gasteiger partial charge in [0.15, 0.2) is 0 Å². The van der Waals surface area contributed by atoms with E-state index in [0.29, 0.717) is 18.4 Å². The number of carbonyl (C=O) groups is 1. The second-order valence-corrected chi connectivity index (χ2v) is 12.2. The largest absolute Gasteiger partial charge is 0.390 e. The van der Waals surface area contributed by atoms with Crippen molar-refractivity contribution in [1.29, 1.82) is 0 Å². The molecule has 0 heterocycles. The van der Waals surface area contributed by atoms with E-state index in [4.69, 9.17) is 10.6 Å². The lowest BCUT2D eigenvalue weighted by molar-refractivity contribution is -0.137. The summed E-state index contributed by atoms with van der Waals surface area (Å²) >= 11 is 0. The fraction of sp³-hybridized carbons (Fsp3) is 0.649. The van der Waals surface area contributed by atoms with Gasteiger partial charge in [0.1, 0.15) is 11.9 Å². The summed E-state index contributed by atoms with van der Waals surface area (Å²) in [6.45, 7) is 22.6. The standard InChI is InChI=1S/C31H48FN3O3.C4H10.C2H6/c1-8-11-20(4)27(36)19-38-28(9-2)30(37)34-29(31(6,7)10-3)18-24-13-12-23(17-25(24)32)22-14-15-26(35-33)21(5)16-22;1-3-4-2;1-2/h12-17,20,27-29,35-36H,8-11,18-19,33H2,1-7H3,(H,34,37);3-4H2,1-2H3;1-2H3. The number of rotatable bonds is 16. The molecule has 2 rings (SSSR count). The van der Waals surface area contributed by atoms with Gasteiger partial charge < -0.3 is 20.6 Å². The van der Waals surface area contributed by atoms with Crippen molar-refractivity contribution in [3.63, 3.8) is 0 Å². The Bertz CT molecular complexity index is 1070. The molecule has 0 aliphatic carbocycles. The highest BCUT2D eigenvalue weighted by Gasteiger charge is 2.32. The fourth-order valence-corrected chi connectivity index (χ4v) is 4.56. The van der Waals surface area contributed by atoms with Gasteiger partial charge in [-0.15, -0.1) is 0 Å². The topological polar surface area (TPSA) is 96.6 Å². The molecule has 6 nitrogen and oxygen atoms in total. The normalized spacial score (nSPS) is 13.8. The third-order valence-corrected chi connectivity index (χ3v) is 8.40. The Morgan fingerprint density at radius 3 is 2.07 bits per heavy atom. The van der Waals surface area contributed by atoms with Crippen molar-refractivity contribution >= 4 is 11.6 Å². The number of aryl methyl sites for hydroxylation is 1. The highest BCUT2D eigenvalue weighted by molar-refractivity contribution is 5.81. The first-order chi connectivity index (χ1) is 20.9. The maximum atomic E-state index is 15.3. The highest BCUT2D eigenvalue weighted by Crippen LogP contribution is 2.31. The first kappa shape index (κ1) is 41.5. The molecule has 0 fully saturated rings. The van der Waals surface area contributed by atoms with Crippen LogP contribution in [0.15, 0.2) is 36.4 Å². The van der Waals surface area contributed by atoms with E-state index >= 15 is 4.39 Å². The minimum Gasteiger partial charge on any atom is -0.390 e. The lowest BCUT2D eigenvalue weighted by Gasteiger charge is -2.35. The summed E-state index contributed by atoms with van der Waals surface area (Å²) in [4.78, 5) is 13.2. The monoisotopic (exact) mass is 617 g/mol. The summed E-state index contributed by atoms with van der Waals surface area (Å²) in [5, 5.41) is 13.5. The van der Waals surface area contributed by atoms with Crippen LogP contribution in [0.2, 0.25) is 0 Å². The molecule has 1 amide bonds. The molecule has 5 N–H and O–H groups in total. The molecule has 252 valence electrons. The number of halogens is 1. The molecule has 4 unspecified atom stereocenters. The minimum absolute atomic E-state index is 0.109. The zero-order valence-corrected chi connectivity index (χ0v) is 29.6. The number of hydrazine groups is 1. The molecule has 0 saturated carbocycles. The van der Waals surface area contributed by atoms with Crippen LogP contribution >= 0.6 is 0 Å². The first-order valence-electron chi connectivity index (χ1n) is 16.8. The van der Waals surface area contributed by atoms with Crippen molar-refractivity contribution in [1.82, 2.24) is 5.32 Å². The summed E-state index contributed by atoms with van der Waals surface area (Å²) < 4.78 is 21.2. The van der Waals surface area contributed by atoms with E-state index in [1.54, 1.807) is 12.1 Å². The van der Waals surface area contributed by atoms with Gasteiger partial charge >= 0.3 is 0 Å². The highest BCUT2D eigenvalue weighted by atomic mass is 19.1. The zero-order valence-electron chi connectivity index (χ0n) is 29.6. The van der Waals surface area contributed by atoms with E-state index in [0.717, 1.165) is 41.6 Å². The molecule has 44 heavy (non-hydrogen) atoms. The predicted octanol–water partition coefficient (Wildman–Crippen LogP) is 8.98. The van der Waals surface area contributed by atoms with Crippen LogP contribution in [0.5, 0.6) is 0 Å². The maximum absolute atomic E-state index is 15.3. The third kappa shape index (κ3) is 13.7. The van der Waals surface area contributed by atoms with Crippen LogP contribution in [0.1, 0.15) is 119 Å². The first-order valence-corrected chi connectivity index (χ1v) is 16.8. The number of nitrogen functional groups attached to an aromatic ring is 1. The molecule has 0 aliphatic rings. The quantitative estimate of drug-likeness (QED) is 0.111. The molecule has 7 heteroatoms. The number of nitrogens with two attached hydrogens (primary N) is 1. The smallest absolute Gasteiger partial charge is 0.249 e. The van der Waals surface area contributed by atoms with Gasteiger partial charge in [0.25, 0.3) is 0 Å². The number of aliphatic hydroxyl groups excluding tert-OH is 1. The van der Waals surface area contributed by atoms with E-state index in [9.17, 15) is 9.90 Å². The Hall–Kier alpha value is -2.48. The zero-order chi connectivity index (χ0) is 33.9. The fourth-order valence-electron chi connectivity index (χ4n) is 4.56. The van der Waals surface area contributed by atoms with Crippen LogP contribution in [0.3, 0.4) is 0 Å². The minimum atomic E-state index is -0.671. The number of aliphatic hydroxyl groups is 1. The number of hydrogen-bond donors (Lipinski definition) is 4. The van der Waals surface area contributed by atoms with E-state index in [1.165, 1.54) is 12.8 Å². The summed E-state index contributed by atoms with van der Waals surface area (Å²) in [6.07, 6.45) is 4.90. The van der Waals surface area contributed by atoms with Crippen molar-refractivity contribution in [2.24, 2.45) is 17.2 Å². The second-order valence-electron chi connectivity index (χ2n) is 12.2. The van der Waals surface area contributed by atoms with E-state index < -0.39 is 12.2 Å². The summed E-state index contributed by atoms with van der Waals surface area (Å²) in [7, 11) is 0. The summed E-state index contributed by atoms with van der Waals surface area (Å²) in [6, 6.07) is 10.7. The van der Waals surface area contributed by atoms with Crippen molar-refractivity contribution < 1.29 is 19.0 Å². The molecule has 0 radical (unpaired) electrons. The Morgan fingerprint density at radius 2 is 1.59 bits per heavy atom. The van der Waals surface area contributed by atoms with E-state index in [2.05, 4.69) is 52.3 Å². The number of amides is 1. The number of unbranched alkanes of at least 4 members (excludes halogenated alkanes) is 1. The van der Waals surface area contributed by atoms with Gasteiger partial charge in [0.2, 0.25) is 5.91 Å². The van der Waals surface area contributed by atoms with Gasteiger partial charge in [-0.1, -0.05) is 107 Å². The Balaban J connectivity index is 0.00000284. The van der Waals surface area contributed by atoms with Gasteiger partial charge in [-0.05, 0) is 84.4 Å². The number of benzene rings is 2. The van der Waals surface area contributed by atoms with Crippen molar-refractivity contribution in [2.45, 2.75) is 139 Å². The summed E-state index contributed by atoms with van der Waals surface area (Å²) in [5.74, 6) is 5.11. The molecule has 0 saturated heterocycles. The summed E-state index contributed by atoms with van der Waals surface area (Å²) in [5.41, 5.74) is 6.43. The molecule has 0 spiro atoms. The van der Waals surface area contributed by atoms with E-state index in [1.807, 2.05) is 58.9 Å². The van der Waals surface area contributed by atoms with Gasteiger partial charge in [0, 0.05) is 6.04 Å². The van der Waals surface area contributed by atoms with Crippen LogP contribution < -0.4 is 16.6 Å². The van der Waals surface area contributed by atoms with Gasteiger partial charge in [-0.3, -0.25) is 10.6 Å². The number of carbonyl (C=O) groups excluding carboxylic acids is 1. The van der Waals surface area contributed by atoms with Gasteiger partial charge in [0.05, 0.1) is 18.4 Å². The second kappa shape index (κ2) is 22.1.